The second-order valence-corrected chi connectivity index (χ2v) is 5.27. The van der Waals surface area contributed by atoms with E-state index in [0.717, 1.165) is 11.1 Å². The van der Waals surface area contributed by atoms with Crippen molar-refractivity contribution in [2.45, 2.75) is 19.9 Å². The van der Waals surface area contributed by atoms with Gasteiger partial charge in [0.25, 0.3) is 5.88 Å². The maximum atomic E-state index is 6.05. The third kappa shape index (κ3) is 2.94. The second kappa shape index (κ2) is 7.81. The molecule has 1 aliphatic rings. The Labute approximate surface area is 152 Å². The average Bonchev–Trinajstić information content (AvgIpc) is 3.06. The van der Waals surface area contributed by atoms with E-state index in [1.807, 2.05) is 43.7 Å². The zero-order valence-corrected chi connectivity index (χ0v) is 15.3. The van der Waals surface area contributed by atoms with Crippen LogP contribution in [0.25, 0.3) is 11.4 Å². The first-order valence-electron chi connectivity index (χ1n) is 8.52. The van der Waals surface area contributed by atoms with Crippen molar-refractivity contribution in [2.75, 3.05) is 26.1 Å². The Kier molecular flexibility index (Phi) is 5.31. The van der Waals surface area contributed by atoms with Crippen LogP contribution in [-0.4, -0.2) is 45.5 Å². The van der Waals surface area contributed by atoms with Gasteiger partial charge in [0.05, 0.1) is 18.7 Å². The van der Waals surface area contributed by atoms with Crippen LogP contribution in [0, 0.1) is 0 Å². The third-order valence-corrected chi connectivity index (χ3v) is 4.01. The van der Waals surface area contributed by atoms with Crippen LogP contribution in [0.3, 0.4) is 0 Å². The Morgan fingerprint density at radius 3 is 2.62 bits per heavy atom. The first-order chi connectivity index (χ1) is 12.8. The van der Waals surface area contributed by atoms with E-state index >= 15 is 0 Å². The molecule has 1 unspecified atom stereocenters. The molecule has 0 amide bonds. The van der Waals surface area contributed by atoms with Crippen molar-refractivity contribution in [2.24, 2.45) is 0 Å². The minimum absolute atomic E-state index is 0.0995. The largest absolute Gasteiger partial charge is 0.485 e. The van der Waals surface area contributed by atoms with Gasteiger partial charge in [-0.05, 0) is 23.8 Å². The van der Waals surface area contributed by atoms with Crippen LogP contribution in [0.2, 0.25) is 0 Å². The number of nitrogens with zero attached hydrogens (tertiary/aromatic N) is 5. The van der Waals surface area contributed by atoms with E-state index in [4.69, 9.17) is 9.47 Å². The number of hydrogen-bond donors (Lipinski definition) is 1. The maximum Gasteiger partial charge on any atom is 0.257 e. The number of anilines is 1. The summed E-state index contributed by atoms with van der Waals surface area (Å²) >= 11 is 0. The number of fused-ring (bicyclic) bond motifs is 3. The van der Waals surface area contributed by atoms with E-state index < -0.39 is 0 Å². The standard InChI is InChI=1S/C16H16N6O2.C2H6/c1-17-16-21-20-14-11-5-8-19-15(23-2)13(11)24-9-12(22(14)16)10-3-6-18-7-4-10;1-2/h3-8,12H,9H2,1-2H3,(H,17,21);1-2H3. The molecule has 1 atom stereocenters. The second-order valence-electron chi connectivity index (χ2n) is 5.27. The van der Waals surface area contributed by atoms with Gasteiger partial charge in [0.2, 0.25) is 5.95 Å². The van der Waals surface area contributed by atoms with Gasteiger partial charge in [0.15, 0.2) is 11.6 Å². The minimum Gasteiger partial charge on any atom is -0.485 e. The molecule has 0 saturated heterocycles. The smallest absolute Gasteiger partial charge is 0.257 e. The molecule has 4 rings (SSSR count). The molecule has 26 heavy (non-hydrogen) atoms. The maximum absolute atomic E-state index is 6.05. The van der Waals surface area contributed by atoms with Crippen molar-refractivity contribution < 1.29 is 9.47 Å². The number of pyridine rings is 2. The fraction of sp³-hybridized carbons (Fsp3) is 0.333. The summed E-state index contributed by atoms with van der Waals surface area (Å²) in [5.74, 6) is 2.38. The van der Waals surface area contributed by atoms with Crippen molar-refractivity contribution in [3.63, 3.8) is 0 Å². The molecule has 0 aliphatic carbocycles. The summed E-state index contributed by atoms with van der Waals surface area (Å²) in [6.45, 7) is 4.40. The zero-order chi connectivity index (χ0) is 18.5. The quantitative estimate of drug-likeness (QED) is 0.774. The van der Waals surface area contributed by atoms with Crippen molar-refractivity contribution in [3.05, 3.63) is 42.4 Å². The summed E-state index contributed by atoms with van der Waals surface area (Å²) in [5, 5.41) is 11.7. The number of rotatable bonds is 3. The van der Waals surface area contributed by atoms with Gasteiger partial charge in [-0.2, -0.15) is 0 Å². The Bertz CT molecular complexity index is 865. The Hall–Kier alpha value is -3.16. The molecule has 0 spiro atoms. The normalized spacial score (nSPS) is 14.7. The number of ether oxygens (including phenoxy) is 2. The van der Waals surface area contributed by atoms with E-state index in [1.165, 1.54) is 0 Å². The lowest BCUT2D eigenvalue weighted by Crippen LogP contribution is -2.19. The van der Waals surface area contributed by atoms with Crippen LogP contribution < -0.4 is 14.8 Å². The number of nitrogens with one attached hydrogen (secondary N) is 1. The van der Waals surface area contributed by atoms with Crippen molar-refractivity contribution in [1.82, 2.24) is 24.7 Å². The van der Waals surface area contributed by atoms with Gasteiger partial charge >= 0.3 is 0 Å². The molecule has 0 bridgehead atoms. The molecule has 3 aromatic rings. The summed E-state index contributed by atoms with van der Waals surface area (Å²) in [5.41, 5.74) is 1.86. The van der Waals surface area contributed by atoms with Crippen LogP contribution in [0.1, 0.15) is 25.5 Å². The highest BCUT2D eigenvalue weighted by Gasteiger charge is 2.30. The average molecular weight is 354 g/mol. The number of methoxy groups -OCH3 is 1. The summed E-state index contributed by atoms with van der Waals surface area (Å²) in [6, 6.07) is 5.68. The fourth-order valence-corrected chi connectivity index (χ4v) is 2.90. The Morgan fingerprint density at radius 1 is 1.15 bits per heavy atom. The highest BCUT2D eigenvalue weighted by Crippen LogP contribution is 2.41. The van der Waals surface area contributed by atoms with Crippen molar-refractivity contribution in [3.8, 4) is 23.0 Å². The number of hydrogen-bond acceptors (Lipinski definition) is 7. The van der Waals surface area contributed by atoms with Crippen LogP contribution in [-0.2, 0) is 0 Å². The zero-order valence-electron chi connectivity index (χ0n) is 15.3. The van der Waals surface area contributed by atoms with Crippen molar-refractivity contribution >= 4 is 5.95 Å². The van der Waals surface area contributed by atoms with E-state index in [-0.39, 0.29) is 6.04 Å². The molecule has 1 N–H and O–H groups in total. The first kappa shape index (κ1) is 17.7. The highest BCUT2D eigenvalue weighted by atomic mass is 16.5. The summed E-state index contributed by atoms with van der Waals surface area (Å²) in [4.78, 5) is 8.31. The first-order valence-corrected chi connectivity index (χ1v) is 8.52. The van der Waals surface area contributed by atoms with Crippen LogP contribution in [0.5, 0.6) is 11.6 Å². The van der Waals surface area contributed by atoms with Gasteiger partial charge < -0.3 is 14.8 Å². The van der Waals surface area contributed by atoms with E-state index in [1.54, 1.807) is 25.7 Å². The molecule has 3 aromatic heterocycles. The summed E-state index contributed by atoms with van der Waals surface area (Å²) in [7, 11) is 3.39. The van der Waals surface area contributed by atoms with Crippen molar-refractivity contribution in [1.29, 1.82) is 0 Å². The van der Waals surface area contributed by atoms with Gasteiger partial charge in [-0.3, -0.25) is 9.55 Å². The predicted molar refractivity (Wildman–Crippen MR) is 98.6 cm³/mol. The molecule has 8 nitrogen and oxygen atoms in total. The van der Waals surface area contributed by atoms with Crippen LogP contribution in [0.4, 0.5) is 5.95 Å². The number of aromatic nitrogens is 5. The predicted octanol–water partition coefficient (Wildman–Crippen LogP) is 2.79. The minimum atomic E-state index is -0.0995. The van der Waals surface area contributed by atoms with Gasteiger partial charge in [0, 0.05) is 25.6 Å². The Balaban J connectivity index is 0.000000948. The molecule has 0 fully saturated rings. The van der Waals surface area contributed by atoms with Crippen LogP contribution >= 0.6 is 0 Å². The van der Waals surface area contributed by atoms with E-state index in [2.05, 4.69) is 25.5 Å². The monoisotopic (exact) mass is 354 g/mol. The van der Waals surface area contributed by atoms with Gasteiger partial charge in [-0.15, -0.1) is 10.2 Å². The van der Waals surface area contributed by atoms with Crippen LogP contribution in [0.15, 0.2) is 36.8 Å². The molecular weight excluding hydrogens is 332 g/mol. The molecule has 0 aromatic carbocycles. The topological polar surface area (TPSA) is 87.0 Å². The van der Waals surface area contributed by atoms with Gasteiger partial charge in [-0.25, -0.2) is 4.98 Å². The Morgan fingerprint density at radius 2 is 1.92 bits per heavy atom. The third-order valence-electron chi connectivity index (χ3n) is 4.01. The lowest BCUT2D eigenvalue weighted by atomic mass is 10.1. The van der Waals surface area contributed by atoms with Gasteiger partial charge in [0.1, 0.15) is 6.61 Å². The highest BCUT2D eigenvalue weighted by molar-refractivity contribution is 5.69. The molecule has 1 aliphatic heterocycles. The molecule has 8 heteroatoms. The molecule has 136 valence electrons. The lowest BCUT2D eigenvalue weighted by molar-refractivity contribution is 0.263. The van der Waals surface area contributed by atoms with E-state index in [0.29, 0.717) is 30.0 Å². The molecule has 0 saturated carbocycles. The molecule has 0 radical (unpaired) electrons. The fourth-order valence-electron chi connectivity index (χ4n) is 2.90. The van der Waals surface area contributed by atoms with E-state index in [9.17, 15) is 0 Å². The molecular formula is C18H22N6O2. The SMILES string of the molecule is CC.CNc1nnc2n1C(c1ccncc1)COc1c-2ccnc1OC. The lowest BCUT2D eigenvalue weighted by Gasteiger charge is -2.19. The summed E-state index contributed by atoms with van der Waals surface area (Å²) in [6.07, 6.45) is 5.20. The van der Waals surface area contributed by atoms with Gasteiger partial charge in [-0.1, -0.05) is 13.8 Å². The summed E-state index contributed by atoms with van der Waals surface area (Å²) < 4.78 is 13.4. The molecule has 4 heterocycles.